The molecule has 0 N–H and O–H groups in total. The van der Waals surface area contributed by atoms with Gasteiger partial charge in [-0.25, -0.2) is 9.30 Å². The monoisotopic (exact) mass is 195 g/mol. The molecule has 0 spiro atoms. The van der Waals surface area contributed by atoms with E-state index < -0.39 is 7.60 Å². The third-order valence-electron chi connectivity index (χ3n) is 0.922. The molecule has 0 aromatic carbocycles. The number of hydrogen-bond donors (Lipinski definition) is 0. The number of nitrogens with zero attached hydrogens (tertiary/aromatic N) is 1. The Bertz CT molecular complexity index is 190. The maximum Gasteiger partial charge on any atom is 0.417 e. The van der Waals surface area contributed by atoms with E-state index in [1.165, 1.54) is 7.05 Å². The minimum atomic E-state index is -3.29. The molecule has 0 rings (SSSR count). The third kappa shape index (κ3) is 4.49. The first kappa shape index (κ1) is 11.6. The molecular weight excluding hydrogens is 181 g/mol. The summed E-state index contributed by atoms with van der Waals surface area (Å²) in [5, 5.41) is 10.5. The van der Waals surface area contributed by atoms with Gasteiger partial charge in [0.1, 0.15) is 7.05 Å². The molecule has 5 nitrogen and oxygen atoms in total. The highest BCUT2D eigenvalue weighted by Crippen LogP contribution is 2.44. The first-order valence-corrected chi connectivity index (χ1v) is 5.30. The van der Waals surface area contributed by atoms with Crippen LogP contribution in [0.15, 0.2) is 0 Å². The Kier molecular flexibility index (Phi) is 5.13. The molecule has 0 aromatic heterocycles. The molecule has 0 amide bonds. The molecule has 0 saturated carbocycles. The van der Waals surface area contributed by atoms with Gasteiger partial charge in [-0.05, 0) is 13.8 Å². The van der Waals surface area contributed by atoms with Crippen LogP contribution >= 0.6 is 7.60 Å². The first-order chi connectivity index (χ1) is 5.54. The SMILES string of the molecule is CCOP(=O)(/C=[N+](/C)[O-])OCC. The predicted molar refractivity (Wildman–Crippen MR) is 46.5 cm³/mol. The van der Waals surface area contributed by atoms with Crippen molar-refractivity contribution in [1.82, 2.24) is 0 Å². The normalized spacial score (nSPS) is 13.4. The highest BCUT2D eigenvalue weighted by molar-refractivity contribution is 7.69. The van der Waals surface area contributed by atoms with E-state index in [1.807, 2.05) is 0 Å². The van der Waals surface area contributed by atoms with E-state index >= 15 is 0 Å². The lowest BCUT2D eigenvalue weighted by Gasteiger charge is -2.10. The van der Waals surface area contributed by atoms with Gasteiger partial charge >= 0.3 is 7.60 Å². The Hall–Kier alpha value is -0.380. The molecule has 0 saturated heterocycles. The fraction of sp³-hybridized carbons (Fsp3) is 0.833. The van der Waals surface area contributed by atoms with E-state index in [4.69, 9.17) is 9.05 Å². The van der Waals surface area contributed by atoms with Crippen LogP contribution in [0.5, 0.6) is 0 Å². The summed E-state index contributed by atoms with van der Waals surface area (Å²) in [4.78, 5) is 0. The van der Waals surface area contributed by atoms with E-state index in [0.717, 1.165) is 5.96 Å². The summed E-state index contributed by atoms with van der Waals surface area (Å²) in [7, 11) is -2.06. The summed E-state index contributed by atoms with van der Waals surface area (Å²) in [5.74, 6) is 0.917. The van der Waals surface area contributed by atoms with Gasteiger partial charge in [-0.15, -0.1) is 0 Å². The zero-order valence-electron chi connectivity index (χ0n) is 7.52. The predicted octanol–water partition coefficient (Wildman–Crippen LogP) is 1.42. The van der Waals surface area contributed by atoms with Crippen LogP contribution in [0.1, 0.15) is 13.8 Å². The molecule has 12 heavy (non-hydrogen) atoms. The second kappa shape index (κ2) is 5.30. The topological polar surface area (TPSA) is 61.6 Å². The Morgan fingerprint density at radius 2 is 1.83 bits per heavy atom. The summed E-state index contributed by atoms with van der Waals surface area (Å²) in [6.07, 6.45) is 0. The van der Waals surface area contributed by atoms with Gasteiger partial charge in [0.25, 0.3) is 5.96 Å². The van der Waals surface area contributed by atoms with Crippen molar-refractivity contribution in [2.75, 3.05) is 20.3 Å². The molecule has 0 atom stereocenters. The first-order valence-electron chi connectivity index (χ1n) is 3.69. The van der Waals surface area contributed by atoms with Gasteiger partial charge in [0.15, 0.2) is 0 Å². The average molecular weight is 195 g/mol. The van der Waals surface area contributed by atoms with Crippen molar-refractivity contribution in [2.45, 2.75) is 13.8 Å². The second-order valence-electron chi connectivity index (χ2n) is 2.04. The second-order valence-corrected chi connectivity index (χ2v) is 3.86. The van der Waals surface area contributed by atoms with Crippen LogP contribution in [-0.4, -0.2) is 31.0 Å². The number of hydroxylamine groups is 1. The van der Waals surface area contributed by atoms with Gasteiger partial charge in [0.05, 0.1) is 13.2 Å². The number of rotatable bonds is 5. The molecule has 0 radical (unpaired) electrons. The van der Waals surface area contributed by atoms with Crippen molar-refractivity contribution in [2.24, 2.45) is 0 Å². The fourth-order valence-corrected chi connectivity index (χ4v) is 1.99. The third-order valence-corrected chi connectivity index (χ3v) is 2.77. The standard InChI is InChI=1S/C6H14NO4P/c1-4-10-12(9,11-5-2)6-7(3)8/h6H,4-5H2,1-3H3/b7-6-. The van der Waals surface area contributed by atoms with Crippen LogP contribution in [0.4, 0.5) is 0 Å². The van der Waals surface area contributed by atoms with E-state index in [2.05, 4.69) is 0 Å². The smallest absolute Gasteiger partial charge is 0.417 e. The largest absolute Gasteiger partial charge is 0.624 e. The van der Waals surface area contributed by atoms with Crippen LogP contribution in [0.2, 0.25) is 0 Å². The van der Waals surface area contributed by atoms with E-state index in [9.17, 15) is 9.77 Å². The molecule has 72 valence electrons. The Morgan fingerprint density at radius 1 is 1.42 bits per heavy atom. The molecule has 6 heteroatoms. The van der Waals surface area contributed by atoms with Crippen LogP contribution in [0.3, 0.4) is 0 Å². The van der Waals surface area contributed by atoms with E-state index in [-0.39, 0.29) is 13.2 Å². The van der Waals surface area contributed by atoms with Crippen LogP contribution in [0, 0.1) is 5.21 Å². The van der Waals surface area contributed by atoms with Crippen molar-refractivity contribution >= 4 is 13.6 Å². The highest BCUT2D eigenvalue weighted by Gasteiger charge is 2.24. The lowest BCUT2D eigenvalue weighted by Crippen LogP contribution is -2.03. The van der Waals surface area contributed by atoms with Crippen molar-refractivity contribution in [3.05, 3.63) is 5.21 Å². The van der Waals surface area contributed by atoms with Crippen LogP contribution < -0.4 is 0 Å². The molecule has 0 unspecified atom stereocenters. The molecule has 0 bridgehead atoms. The van der Waals surface area contributed by atoms with Gasteiger partial charge in [0.2, 0.25) is 0 Å². The van der Waals surface area contributed by atoms with Gasteiger partial charge in [-0.1, -0.05) is 0 Å². The number of hydrogen-bond acceptors (Lipinski definition) is 4. The summed E-state index contributed by atoms with van der Waals surface area (Å²) < 4.78 is 21.5. The minimum absolute atomic E-state index is 0.252. The Balaban J connectivity index is 4.40. The quantitative estimate of drug-likeness (QED) is 0.219. The summed E-state index contributed by atoms with van der Waals surface area (Å²) in [6.45, 7) is 3.87. The molecule has 0 aromatic rings. The summed E-state index contributed by atoms with van der Waals surface area (Å²) in [5.41, 5.74) is 0. The minimum Gasteiger partial charge on any atom is -0.624 e. The van der Waals surface area contributed by atoms with Crippen LogP contribution in [0.25, 0.3) is 0 Å². The van der Waals surface area contributed by atoms with Crippen molar-refractivity contribution in [3.63, 3.8) is 0 Å². The lowest BCUT2D eigenvalue weighted by molar-refractivity contribution is -0.415. The maximum atomic E-state index is 11.5. The van der Waals surface area contributed by atoms with E-state index in [0.29, 0.717) is 4.74 Å². The molecule has 0 fully saturated rings. The van der Waals surface area contributed by atoms with Crippen molar-refractivity contribution in [3.8, 4) is 0 Å². The maximum absolute atomic E-state index is 11.5. The van der Waals surface area contributed by atoms with Gasteiger partial charge in [-0.3, -0.25) is 0 Å². The Morgan fingerprint density at radius 3 is 2.08 bits per heavy atom. The van der Waals surface area contributed by atoms with Gasteiger partial charge in [0, 0.05) is 0 Å². The van der Waals surface area contributed by atoms with E-state index in [1.54, 1.807) is 13.8 Å². The average Bonchev–Trinajstić information content (AvgIpc) is 1.85. The zero-order valence-corrected chi connectivity index (χ0v) is 8.41. The molecule has 0 aliphatic carbocycles. The summed E-state index contributed by atoms with van der Waals surface area (Å²) in [6, 6.07) is 0. The summed E-state index contributed by atoms with van der Waals surface area (Å²) >= 11 is 0. The molecule has 0 aliphatic heterocycles. The van der Waals surface area contributed by atoms with Crippen molar-refractivity contribution in [1.29, 1.82) is 0 Å². The molecule has 0 heterocycles. The molecule has 0 aliphatic rings. The highest BCUT2D eigenvalue weighted by atomic mass is 31.2. The lowest BCUT2D eigenvalue weighted by atomic mass is 10.9. The fourth-order valence-electron chi connectivity index (χ4n) is 0.663. The Labute approximate surface area is 72.1 Å². The van der Waals surface area contributed by atoms with Crippen molar-refractivity contribution < 1.29 is 18.4 Å². The molecular formula is C6H14NO4P. The van der Waals surface area contributed by atoms with Gasteiger partial charge in [-0.2, -0.15) is 0 Å². The van der Waals surface area contributed by atoms with Gasteiger partial charge < -0.3 is 14.3 Å². The van der Waals surface area contributed by atoms with Crippen LogP contribution in [-0.2, 0) is 13.6 Å². The zero-order chi connectivity index (χ0) is 9.61.